The van der Waals surface area contributed by atoms with Crippen LogP contribution in [0.1, 0.15) is 54.3 Å². The summed E-state index contributed by atoms with van der Waals surface area (Å²) < 4.78 is 6.54. The lowest BCUT2D eigenvalue weighted by Crippen LogP contribution is -2.84. The van der Waals surface area contributed by atoms with E-state index in [1.54, 1.807) is 6.07 Å². The molecule has 2 aromatic rings. The van der Waals surface area contributed by atoms with Crippen LogP contribution in [0.3, 0.4) is 0 Å². The number of likely N-dealkylation sites (N-methyl/N-ethyl adjacent to an activating group) is 1. The molecule has 2 aliphatic heterocycles. The number of H-pyrrole nitrogens is 1. The van der Waals surface area contributed by atoms with E-state index in [4.69, 9.17) is 4.74 Å². The molecule has 7 heteroatoms. The number of likely N-dealkylation sites (tertiary alicyclic amines) is 1. The van der Waals surface area contributed by atoms with Crippen LogP contribution in [0, 0.1) is 6.92 Å². The van der Waals surface area contributed by atoms with Crippen LogP contribution in [0.25, 0.3) is 0 Å². The summed E-state index contributed by atoms with van der Waals surface area (Å²) in [6.45, 7) is 12.3. The standard InChI is InChI=1S/C27H33N3O4/c1-5-11-30-12-10-25-20-17-8-9-19(31)22(20)34-23(25)21-18(16(4)15-28-21)14-27(25,33)26(30,13-17)24(32)29(6-2)7-3/h5,8-9,15,23,28,31,33H,1,6-7,10-14H2,2-4H3. The second kappa shape index (κ2) is 6.89. The Hall–Kier alpha value is -2.77. The minimum Gasteiger partial charge on any atom is -0.504 e. The maximum Gasteiger partial charge on any atom is 0.246 e. The number of fused-ring (bicyclic) bond motifs is 2. The summed E-state index contributed by atoms with van der Waals surface area (Å²) in [5.74, 6) is 0.511. The molecule has 4 aliphatic rings. The molecule has 1 spiro atoms. The van der Waals surface area contributed by atoms with Gasteiger partial charge < -0.3 is 24.8 Å². The number of nitrogens with one attached hydrogen (secondary N) is 1. The summed E-state index contributed by atoms with van der Waals surface area (Å²) in [7, 11) is 0. The average molecular weight is 464 g/mol. The van der Waals surface area contributed by atoms with E-state index in [2.05, 4.69) is 16.5 Å². The van der Waals surface area contributed by atoms with Gasteiger partial charge in [0.1, 0.15) is 11.1 Å². The topological polar surface area (TPSA) is 89.0 Å². The van der Waals surface area contributed by atoms with Crippen molar-refractivity contribution in [1.82, 2.24) is 14.8 Å². The third-order valence-corrected chi connectivity index (χ3v) is 9.23. The first-order valence-electron chi connectivity index (χ1n) is 12.4. The van der Waals surface area contributed by atoms with Gasteiger partial charge in [-0.1, -0.05) is 12.1 Å². The summed E-state index contributed by atoms with van der Waals surface area (Å²) in [5.41, 5.74) is 1.45. The Balaban J connectivity index is 1.72. The highest BCUT2D eigenvalue weighted by Crippen LogP contribution is 2.71. The number of aryl methyl sites for hydroxylation is 1. The molecule has 7 nitrogen and oxygen atoms in total. The van der Waals surface area contributed by atoms with Gasteiger partial charge in [0.15, 0.2) is 17.6 Å². The predicted molar refractivity (Wildman–Crippen MR) is 128 cm³/mol. The van der Waals surface area contributed by atoms with Crippen molar-refractivity contribution < 1.29 is 19.7 Å². The molecule has 1 aromatic heterocycles. The second-order valence-electron chi connectivity index (χ2n) is 10.3. The van der Waals surface area contributed by atoms with Crippen molar-refractivity contribution in [2.24, 2.45) is 0 Å². The molecular weight excluding hydrogens is 430 g/mol. The van der Waals surface area contributed by atoms with Gasteiger partial charge in [-0.25, -0.2) is 0 Å². The Kier molecular flexibility index (Phi) is 4.41. The monoisotopic (exact) mass is 463 g/mol. The van der Waals surface area contributed by atoms with E-state index in [0.29, 0.717) is 51.2 Å². The first kappa shape index (κ1) is 21.7. The number of ether oxygens (including phenoxy) is 1. The highest BCUT2D eigenvalue weighted by atomic mass is 16.5. The van der Waals surface area contributed by atoms with Crippen LogP contribution in [0.2, 0.25) is 0 Å². The molecule has 1 fully saturated rings. The van der Waals surface area contributed by atoms with Crippen molar-refractivity contribution in [3.05, 3.63) is 58.9 Å². The molecule has 1 amide bonds. The fourth-order valence-corrected chi connectivity index (χ4v) is 7.74. The SMILES string of the molecule is C=CCN1CCC23c4c5ccc(O)c4OC2c2[nH]cc(C)c2CC3(O)C1(C(=O)N(CC)CC)C5. The number of hydrogen-bond acceptors (Lipinski definition) is 5. The van der Waals surface area contributed by atoms with E-state index in [9.17, 15) is 15.0 Å². The van der Waals surface area contributed by atoms with Crippen molar-refractivity contribution in [3.8, 4) is 11.5 Å². The summed E-state index contributed by atoms with van der Waals surface area (Å²) in [5, 5.41) is 24.0. The number of aromatic nitrogens is 1. The number of phenolic OH excluding ortho intramolecular Hbond substituents is 1. The van der Waals surface area contributed by atoms with Gasteiger partial charge in [-0.2, -0.15) is 0 Å². The zero-order valence-electron chi connectivity index (χ0n) is 20.1. The summed E-state index contributed by atoms with van der Waals surface area (Å²) >= 11 is 0. The molecule has 3 N–H and O–H groups in total. The highest BCUT2D eigenvalue weighted by Gasteiger charge is 2.80. The average Bonchev–Trinajstić information content (AvgIpc) is 3.35. The number of piperidine rings is 1. The Morgan fingerprint density at radius 3 is 2.82 bits per heavy atom. The number of nitrogens with zero attached hydrogens (tertiary/aromatic N) is 2. The van der Waals surface area contributed by atoms with Crippen LogP contribution in [0.5, 0.6) is 11.5 Å². The first-order valence-corrected chi connectivity index (χ1v) is 12.4. The summed E-state index contributed by atoms with van der Waals surface area (Å²) in [6.07, 6.45) is 4.63. The van der Waals surface area contributed by atoms with Gasteiger partial charge in [0.05, 0.1) is 11.1 Å². The molecule has 6 rings (SSSR count). The van der Waals surface area contributed by atoms with E-state index in [0.717, 1.165) is 27.9 Å². The molecule has 2 aliphatic carbocycles. The normalized spacial score (nSPS) is 32.5. The lowest BCUT2D eigenvalue weighted by molar-refractivity contribution is -0.222. The third-order valence-electron chi connectivity index (χ3n) is 9.23. The number of carbonyl (C=O) groups is 1. The third kappa shape index (κ3) is 2.14. The quantitative estimate of drug-likeness (QED) is 0.594. The van der Waals surface area contributed by atoms with Crippen molar-refractivity contribution in [3.63, 3.8) is 0 Å². The molecule has 34 heavy (non-hydrogen) atoms. The van der Waals surface area contributed by atoms with Crippen molar-refractivity contribution in [1.29, 1.82) is 0 Å². The van der Waals surface area contributed by atoms with E-state index >= 15 is 0 Å². The lowest BCUT2D eigenvalue weighted by Gasteiger charge is -2.68. The zero-order valence-corrected chi connectivity index (χ0v) is 20.1. The number of benzene rings is 1. The number of amides is 1. The smallest absolute Gasteiger partial charge is 0.246 e. The molecule has 2 bridgehead atoms. The van der Waals surface area contributed by atoms with E-state index < -0.39 is 22.7 Å². The second-order valence-corrected chi connectivity index (χ2v) is 10.3. The molecule has 0 saturated carbocycles. The van der Waals surface area contributed by atoms with E-state index in [1.165, 1.54) is 0 Å². The van der Waals surface area contributed by atoms with E-state index in [1.807, 2.05) is 44.0 Å². The number of phenols is 1. The van der Waals surface area contributed by atoms with Gasteiger partial charge in [-0.15, -0.1) is 6.58 Å². The maximum absolute atomic E-state index is 14.6. The Morgan fingerprint density at radius 1 is 1.35 bits per heavy atom. The van der Waals surface area contributed by atoms with Gasteiger partial charge in [0.2, 0.25) is 5.91 Å². The van der Waals surface area contributed by atoms with Crippen LogP contribution in [-0.4, -0.2) is 68.2 Å². The zero-order chi connectivity index (χ0) is 24.0. The first-order chi connectivity index (χ1) is 16.3. The van der Waals surface area contributed by atoms with Crippen molar-refractivity contribution in [2.45, 2.75) is 62.7 Å². The largest absolute Gasteiger partial charge is 0.504 e. The summed E-state index contributed by atoms with van der Waals surface area (Å²) in [4.78, 5) is 22.0. The van der Waals surface area contributed by atoms with Crippen LogP contribution in [0.15, 0.2) is 31.0 Å². The highest BCUT2D eigenvalue weighted by molar-refractivity contribution is 5.91. The maximum atomic E-state index is 14.6. The van der Waals surface area contributed by atoms with Crippen molar-refractivity contribution >= 4 is 5.91 Å². The number of rotatable bonds is 5. The Morgan fingerprint density at radius 2 is 2.12 bits per heavy atom. The van der Waals surface area contributed by atoms with Gasteiger partial charge in [-0.05, 0) is 49.9 Å². The van der Waals surface area contributed by atoms with Crippen LogP contribution in [0.4, 0.5) is 0 Å². The molecule has 0 radical (unpaired) electrons. The number of aliphatic hydroxyl groups is 1. The predicted octanol–water partition coefficient (Wildman–Crippen LogP) is 2.74. The van der Waals surface area contributed by atoms with Gasteiger partial charge >= 0.3 is 0 Å². The molecule has 4 unspecified atom stereocenters. The number of aromatic hydroxyl groups is 1. The number of aromatic amines is 1. The minimum atomic E-state index is -1.42. The fraction of sp³-hybridized carbons (Fsp3) is 0.519. The van der Waals surface area contributed by atoms with Gasteiger partial charge in [-0.3, -0.25) is 9.69 Å². The molecule has 1 aromatic carbocycles. The van der Waals surface area contributed by atoms with Crippen LogP contribution in [-0.2, 0) is 23.1 Å². The van der Waals surface area contributed by atoms with Gasteiger partial charge in [0.25, 0.3) is 0 Å². The minimum absolute atomic E-state index is 0.0384. The number of hydrogen-bond donors (Lipinski definition) is 3. The van der Waals surface area contributed by atoms with Crippen LogP contribution < -0.4 is 4.74 Å². The van der Waals surface area contributed by atoms with E-state index in [-0.39, 0.29) is 11.7 Å². The molecule has 180 valence electrons. The fourth-order valence-electron chi connectivity index (χ4n) is 7.74. The Bertz CT molecular complexity index is 1220. The van der Waals surface area contributed by atoms with Crippen molar-refractivity contribution in [2.75, 3.05) is 26.2 Å². The van der Waals surface area contributed by atoms with Crippen LogP contribution >= 0.6 is 0 Å². The lowest BCUT2D eigenvalue weighted by atomic mass is 9.44. The van der Waals surface area contributed by atoms with Gasteiger partial charge in [0, 0.05) is 50.8 Å². The molecule has 1 saturated heterocycles. The Labute approximate surface area is 200 Å². The summed E-state index contributed by atoms with van der Waals surface area (Å²) in [6, 6.07) is 3.58. The molecule has 3 heterocycles. The molecule has 4 atom stereocenters. The number of carbonyl (C=O) groups excluding carboxylic acids is 1. The molecular formula is C27H33N3O4.